The van der Waals surface area contributed by atoms with E-state index in [0.29, 0.717) is 16.4 Å². The van der Waals surface area contributed by atoms with Crippen molar-refractivity contribution in [3.05, 3.63) is 131 Å². The molecule has 51 heavy (non-hydrogen) atoms. The smallest absolute Gasteiger partial charge is 0.450 e. The molecule has 0 bridgehead atoms. The van der Waals surface area contributed by atoms with Crippen LogP contribution in [0.4, 0.5) is 0 Å². The minimum Gasteiger partial charge on any atom is -0.508 e. The van der Waals surface area contributed by atoms with E-state index >= 15 is 0 Å². The Balaban J connectivity index is 0.000000185. The molecule has 8 nitrogen and oxygen atoms in total. The summed E-state index contributed by atoms with van der Waals surface area (Å²) in [5.74, 6) is 0.351. The van der Waals surface area contributed by atoms with Gasteiger partial charge >= 0.3 is 16.9 Å². The summed E-state index contributed by atoms with van der Waals surface area (Å²) < 4.78 is 17.2. The Morgan fingerprint density at radius 2 is 1.12 bits per heavy atom. The number of aromatic nitrogens is 2. The number of esters is 2. The lowest BCUT2D eigenvalue weighted by molar-refractivity contribution is 0.0597. The molecular formula is C37H28BCl3N2O6S2. The Labute approximate surface area is 317 Å². The average Bonchev–Trinajstić information content (AvgIpc) is 3.78. The fourth-order valence-corrected chi connectivity index (χ4v) is 6.51. The topological polar surface area (TPSA) is 108 Å². The van der Waals surface area contributed by atoms with Crippen LogP contribution in [0.5, 0.6) is 11.5 Å². The fraction of sp³-hybridized carbons (Fsp3) is 0.0811. The van der Waals surface area contributed by atoms with E-state index in [1.165, 1.54) is 36.9 Å². The summed E-state index contributed by atoms with van der Waals surface area (Å²) in [7, 11) is 2.75. The summed E-state index contributed by atoms with van der Waals surface area (Å²) in [6, 6.07) is 36.0. The first kappa shape index (κ1) is 37.6. The van der Waals surface area contributed by atoms with Gasteiger partial charge in [0, 0.05) is 11.1 Å². The molecule has 0 aliphatic rings. The molecule has 0 saturated carbocycles. The number of thiophene rings is 2. The highest BCUT2D eigenvalue weighted by molar-refractivity contribution is 7.54. The van der Waals surface area contributed by atoms with Crippen molar-refractivity contribution in [3.8, 4) is 34.0 Å². The zero-order valence-corrected chi connectivity index (χ0v) is 31.0. The van der Waals surface area contributed by atoms with Gasteiger partial charge in [-0.2, -0.15) is 34.4 Å². The number of pyridine rings is 2. The van der Waals surface area contributed by atoms with Crippen molar-refractivity contribution in [2.45, 2.75) is 6.61 Å². The second-order valence-corrected chi connectivity index (χ2v) is 14.6. The molecule has 0 spiro atoms. The molecule has 7 aromatic rings. The monoisotopic (exact) mass is 776 g/mol. The number of hydrogen-bond donors (Lipinski definition) is 1. The number of hydrogen-bond acceptors (Lipinski definition) is 10. The number of benzene rings is 3. The summed E-state index contributed by atoms with van der Waals surface area (Å²) in [4.78, 5) is 32.7. The third-order valence-corrected chi connectivity index (χ3v) is 9.22. The zero-order valence-electron chi connectivity index (χ0n) is 27.1. The van der Waals surface area contributed by atoms with Crippen LogP contribution in [0.15, 0.2) is 115 Å². The highest BCUT2D eigenvalue weighted by Crippen LogP contribution is 2.30. The van der Waals surface area contributed by atoms with Gasteiger partial charge in [0.1, 0.15) is 27.9 Å². The number of rotatable bonds is 7. The first-order valence-corrected chi connectivity index (χ1v) is 18.0. The molecule has 0 saturated heterocycles. The molecule has 3 aromatic carbocycles. The van der Waals surface area contributed by atoms with Crippen molar-refractivity contribution in [1.82, 2.24) is 9.97 Å². The van der Waals surface area contributed by atoms with Crippen molar-refractivity contribution >= 4 is 94.4 Å². The molecule has 0 amide bonds. The van der Waals surface area contributed by atoms with Gasteiger partial charge in [0.05, 0.1) is 46.0 Å². The van der Waals surface area contributed by atoms with Gasteiger partial charge in [-0.05, 0) is 90.5 Å². The van der Waals surface area contributed by atoms with E-state index in [-0.39, 0.29) is 17.7 Å². The number of carbonyl (C=O) groups excluding carboxylic acids is 2. The molecule has 4 aromatic heterocycles. The Morgan fingerprint density at radius 1 is 0.667 bits per heavy atom. The number of phenols is 1. The number of fused-ring (bicyclic) bond motifs is 2. The molecule has 0 aliphatic heterocycles. The van der Waals surface area contributed by atoms with Crippen LogP contribution in [0.3, 0.4) is 0 Å². The lowest BCUT2D eigenvalue weighted by atomic mass is 10.1. The molecular weight excluding hydrogens is 750 g/mol. The minimum absolute atomic E-state index is 0.221. The second-order valence-electron chi connectivity index (χ2n) is 10.5. The fourth-order valence-electron chi connectivity index (χ4n) is 4.67. The summed E-state index contributed by atoms with van der Waals surface area (Å²) in [5.41, 5.74) is 6.25. The maximum atomic E-state index is 11.7. The highest BCUT2D eigenvalue weighted by Gasteiger charge is 2.13. The molecule has 7 rings (SSSR count). The first-order valence-electron chi connectivity index (χ1n) is 15.1. The third kappa shape index (κ3) is 10.4. The molecule has 4 heterocycles. The van der Waals surface area contributed by atoms with Gasteiger partial charge in [-0.25, -0.2) is 19.6 Å². The van der Waals surface area contributed by atoms with Gasteiger partial charge in [-0.15, -0.1) is 22.7 Å². The summed E-state index contributed by atoms with van der Waals surface area (Å²) >= 11 is 17.2. The van der Waals surface area contributed by atoms with Crippen molar-refractivity contribution in [1.29, 1.82) is 0 Å². The van der Waals surface area contributed by atoms with Crippen molar-refractivity contribution in [2.24, 2.45) is 0 Å². The normalized spacial score (nSPS) is 10.4. The summed E-state index contributed by atoms with van der Waals surface area (Å²) in [5, 5.41) is 9.30. The van der Waals surface area contributed by atoms with E-state index in [2.05, 4.69) is 9.97 Å². The van der Waals surface area contributed by atoms with Crippen molar-refractivity contribution in [3.63, 3.8) is 0 Å². The van der Waals surface area contributed by atoms with E-state index in [9.17, 15) is 14.7 Å². The van der Waals surface area contributed by atoms with E-state index in [4.69, 9.17) is 48.6 Å². The van der Waals surface area contributed by atoms with Crippen LogP contribution in [0.1, 0.15) is 24.9 Å². The molecule has 0 radical (unpaired) electrons. The average molecular weight is 778 g/mol. The number of methoxy groups -OCH3 is 2. The minimum atomic E-state index is -0.750. The summed E-state index contributed by atoms with van der Waals surface area (Å²) in [6.45, 7) is 0.537. The van der Waals surface area contributed by atoms with Gasteiger partial charge in [-0.3, -0.25) is 0 Å². The van der Waals surface area contributed by atoms with E-state index < -0.39 is 4.96 Å². The van der Waals surface area contributed by atoms with E-state index in [0.717, 1.165) is 54.3 Å². The van der Waals surface area contributed by atoms with Gasteiger partial charge in [0.15, 0.2) is 0 Å². The van der Waals surface area contributed by atoms with Crippen LogP contribution < -0.4 is 4.74 Å². The Morgan fingerprint density at radius 3 is 1.57 bits per heavy atom. The number of aromatic hydroxyl groups is 1. The SMILES string of the molecule is COC(=O)c1cc2nc(-c3ccc(O)cc3)ccc2s1.COC(=O)c1cc2nc(-c3ccc(OCc4ccccc4)cc3)ccc2s1.ClB(Cl)Cl. The Kier molecular flexibility index (Phi) is 13.3. The van der Waals surface area contributed by atoms with Crippen molar-refractivity contribution < 1.29 is 28.9 Å². The largest absolute Gasteiger partial charge is 0.508 e. The van der Waals surface area contributed by atoms with Gasteiger partial charge in [0.25, 0.3) is 0 Å². The third-order valence-electron chi connectivity index (χ3n) is 7.08. The van der Waals surface area contributed by atoms with E-state index in [1.54, 1.807) is 36.4 Å². The lowest BCUT2D eigenvalue weighted by Crippen LogP contribution is -1.96. The van der Waals surface area contributed by atoms with E-state index in [1.807, 2.05) is 78.9 Å². The number of phenolic OH excluding ortho intramolecular Hbond substituents is 1. The first-order chi connectivity index (χ1) is 24.6. The van der Waals surface area contributed by atoms with Crippen LogP contribution in [-0.2, 0) is 16.1 Å². The maximum absolute atomic E-state index is 11.7. The number of halogens is 3. The molecule has 0 fully saturated rings. The molecule has 1 N–H and O–H groups in total. The standard InChI is InChI=1S/C22H17NO3S.C15H11NO3S.BCl3/c1-25-22(24)21-13-19-20(27-21)12-11-18(23-19)16-7-9-17(10-8-16)26-14-15-5-3-2-4-6-15;1-19-15(18)14-8-12-13(20-14)7-6-11(16-12)9-2-4-10(17)5-3-9;2-1(3)4/h2-13H,14H2,1H3;2-8,17H,1H3;. The van der Waals surface area contributed by atoms with Crippen LogP contribution in [0, 0.1) is 0 Å². The van der Waals surface area contributed by atoms with Crippen molar-refractivity contribution in [2.75, 3.05) is 14.2 Å². The predicted octanol–water partition coefficient (Wildman–Crippen LogP) is 10.5. The molecule has 0 unspecified atom stereocenters. The number of nitrogens with zero attached hydrogens (tertiary/aromatic N) is 2. The number of ether oxygens (including phenoxy) is 3. The van der Waals surface area contributed by atoms with Crippen LogP contribution >= 0.6 is 57.1 Å². The van der Waals surface area contributed by atoms with Crippen LogP contribution in [-0.4, -0.2) is 46.2 Å². The molecule has 14 heteroatoms. The maximum Gasteiger partial charge on any atom is 0.450 e. The zero-order chi connectivity index (χ0) is 36.3. The van der Waals surface area contributed by atoms with Crippen LogP contribution in [0.2, 0.25) is 0 Å². The van der Waals surface area contributed by atoms with Crippen LogP contribution in [0.25, 0.3) is 42.9 Å². The molecule has 0 atom stereocenters. The predicted molar refractivity (Wildman–Crippen MR) is 209 cm³/mol. The lowest BCUT2D eigenvalue weighted by Gasteiger charge is -2.07. The molecule has 258 valence electrons. The van der Waals surface area contributed by atoms with Gasteiger partial charge in [-0.1, -0.05) is 30.3 Å². The molecule has 0 aliphatic carbocycles. The second kappa shape index (κ2) is 18.0. The highest BCUT2D eigenvalue weighted by atomic mass is 35.6. The quantitative estimate of drug-likeness (QED) is 0.126. The Bertz CT molecular complexity index is 2230. The van der Waals surface area contributed by atoms with Gasteiger partial charge in [0.2, 0.25) is 0 Å². The Hall–Kier alpha value is -4.65. The summed E-state index contributed by atoms with van der Waals surface area (Å²) in [6.07, 6.45) is 0. The van der Waals surface area contributed by atoms with Gasteiger partial charge < -0.3 is 19.3 Å². The number of carbonyl (C=O) groups is 2.